The normalized spacial score (nSPS) is 12.5. The Morgan fingerprint density at radius 2 is 1.93 bits per heavy atom. The minimum atomic E-state index is -0.213. The van der Waals surface area contributed by atoms with Crippen LogP contribution in [0.5, 0.6) is 11.5 Å². The lowest BCUT2D eigenvalue weighted by Gasteiger charge is -2.13. The number of aryl methyl sites for hydroxylation is 1. The predicted octanol–water partition coefficient (Wildman–Crippen LogP) is 4.20. The molecule has 7 heteroatoms. The van der Waals surface area contributed by atoms with Crippen LogP contribution in [-0.2, 0) is 11.5 Å². The Hall–Kier alpha value is -2.93. The summed E-state index contributed by atoms with van der Waals surface area (Å²) in [7, 11) is 3.12. The number of hydrogen-bond donors (Lipinski definition) is 1. The van der Waals surface area contributed by atoms with E-state index < -0.39 is 0 Å². The molecule has 6 nitrogen and oxygen atoms in total. The number of nitrogens with one attached hydrogen (secondary N) is 1. The maximum absolute atomic E-state index is 13.0. The topological polar surface area (TPSA) is 65.4 Å². The predicted molar refractivity (Wildman–Crippen MR) is 111 cm³/mol. The van der Waals surface area contributed by atoms with Crippen LogP contribution < -0.4 is 14.8 Å². The number of methoxy groups -OCH3 is 2. The number of thioether (sulfide) groups is 1. The molecule has 0 spiro atoms. The fourth-order valence-electron chi connectivity index (χ4n) is 3.25. The molecular weight excluding hydrogens is 374 g/mol. The summed E-state index contributed by atoms with van der Waals surface area (Å²) in [6.45, 7) is 2.04. The van der Waals surface area contributed by atoms with E-state index in [1.807, 2.05) is 29.8 Å². The fraction of sp³-hybridized carbons (Fsp3) is 0.238. The summed E-state index contributed by atoms with van der Waals surface area (Å²) in [5.74, 6) is 3.31. The summed E-state index contributed by atoms with van der Waals surface area (Å²) in [4.78, 5) is 13.0. The molecule has 1 aliphatic rings. The van der Waals surface area contributed by atoms with Crippen LogP contribution in [0.3, 0.4) is 0 Å². The van der Waals surface area contributed by atoms with Crippen molar-refractivity contribution < 1.29 is 14.3 Å². The second kappa shape index (κ2) is 7.59. The molecule has 1 amide bonds. The molecule has 1 aromatic heterocycles. The Bertz CT molecular complexity index is 1050. The first-order valence-corrected chi connectivity index (χ1v) is 10.0. The number of carbonyl (C=O) groups excluding carboxylic acids is 1. The van der Waals surface area contributed by atoms with Crippen LogP contribution in [0.25, 0.3) is 5.69 Å². The van der Waals surface area contributed by atoms with Crippen LogP contribution in [0, 0.1) is 6.92 Å². The van der Waals surface area contributed by atoms with Crippen LogP contribution in [0.1, 0.15) is 27.2 Å². The molecule has 28 heavy (non-hydrogen) atoms. The smallest absolute Gasteiger partial charge is 0.256 e. The zero-order valence-electron chi connectivity index (χ0n) is 16.0. The van der Waals surface area contributed by atoms with Gasteiger partial charge in [0.05, 0.1) is 25.6 Å². The van der Waals surface area contributed by atoms with Gasteiger partial charge in [-0.25, -0.2) is 4.68 Å². The van der Waals surface area contributed by atoms with E-state index >= 15 is 0 Å². The van der Waals surface area contributed by atoms with Crippen LogP contribution in [0.2, 0.25) is 0 Å². The third-order valence-corrected chi connectivity index (χ3v) is 5.65. The highest BCUT2D eigenvalue weighted by atomic mass is 32.2. The molecular formula is C21H21N3O3S. The van der Waals surface area contributed by atoms with Crippen molar-refractivity contribution in [2.75, 3.05) is 19.5 Å². The van der Waals surface area contributed by atoms with E-state index in [1.54, 1.807) is 44.2 Å². The third-order valence-electron chi connectivity index (χ3n) is 4.68. The van der Waals surface area contributed by atoms with Gasteiger partial charge in [-0.05, 0) is 42.8 Å². The van der Waals surface area contributed by atoms with Crippen molar-refractivity contribution in [3.63, 3.8) is 0 Å². The average molecular weight is 395 g/mol. The second-order valence-corrected chi connectivity index (χ2v) is 7.53. The Morgan fingerprint density at radius 3 is 2.68 bits per heavy atom. The molecule has 0 radical (unpaired) electrons. The van der Waals surface area contributed by atoms with E-state index in [2.05, 4.69) is 11.4 Å². The van der Waals surface area contributed by atoms with Gasteiger partial charge in [0, 0.05) is 22.6 Å². The molecule has 0 saturated carbocycles. The van der Waals surface area contributed by atoms with Gasteiger partial charge in [0.25, 0.3) is 5.91 Å². The molecule has 3 aromatic rings. The maximum atomic E-state index is 13.0. The highest BCUT2D eigenvalue weighted by Crippen LogP contribution is 2.36. The van der Waals surface area contributed by atoms with E-state index in [0.717, 1.165) is 39.8 Å². The first-order valence-electron chi connectivity index (χ1n) is 8.89. The van der Waals surface area contributed by atoms with E-state index in [-0.39, 0.29) is 5.91 Å². The summed E-state index contributed by atoms with van der Waals surface area (Å²) >= 11 is 1.80. The minimum Gasteiger partial charge on any atom is -0.493 e. The maximum Gasteiger partial charge on any atom is 0.256 e. The monoisotopic (exact) mass is 395 g/mol. The Balaban J connectivity index is 1.71. The molecule has 1 aliphatic heterocycles. The number of carbonyl (C=O) groups is 1. The highest BCUT2D eigenvalue weighted by molar-refractivity contribution is 7.98. The molecule has 0 aliphatic carbocycles. The number of rotatable bonds is 5. The summed E-state index contributed by atoms with van der Waals surface area (Å²) < 4.78 is 12.4. The second-order valence-electron chi connectivity index (χ2n) is 6.54. The van der Waals surface area contributed by atoms with Crippen LogP contribution in [-0.4, -0.2) is 29.9 Å². The van der Waals surface area contributed by atoms with E-state index in [1.165, 1.54) is 0 Å². The molecule has 0 atom stereocenters. The first kappa shape index (κ1) is 18.4. The largest absolute Gasteiger partial charge is 0.493 e. The highest BCUT2D eigenvalue weighted by Gasteiger charge is 2.25. The van der Waals surface area contributed by atoms with Crippen LogP contribution >= 0.6 is 11.8 Å². The number of nitrogens with zero attached hydrogens (tertiary/aromatic N) is 2. The number of anilines is 1. The van der Waals surface area contributed by atoms with Gasteiger partial charge < -0.3 is 14.8 Å². The van der Waals surface area contributed by atoms with Gasteiger partial charge in [-0.15, -0.1) is 0 Å². The van der Waals surface area contributed by atoms with Gasteiger partial charge in [-0.2, -0.15) is 16.9 Å². The Labute approximate surface area is 167 Å². The van der Waals surface area contributed by atoms with Crippen molar-refractivity contribution in [2.45, 2.75) is 18.4 Å². The molecule has 2 aromatic carbocycles. The molecule has 1 N–H and O–H groups in total. The third kappa shape index (κ3) is 3.33. The number of hydrogen-bond acceptors (Lipinski definition) is 5. The standard InChI is InChI=1S/C21H21N3O3S/c1-13-5-4-6-15(9-13)24-20(16-11-28-12-17(16)23-24)22-21(25)14-7-8-18(26-2)19(10-14)27-3/h4-10H,11-12H2,1-3H3,(H,22,25). The average Bonchev–Trinajstić information content (AvgIpc) is 3.30. The molecule has 0 fully saturated rings. The zero-order chi connectivity index (χ0) is 19.7. The van der Waals surface area contributed by atoms with Crippen molar-refractivity contribution in [3.05, 3.63) is 64.8 Å². The van der Waals surface area contributed by atoms with Crippen molar-refractivity contribution in [1.29, 1.82) is 0 Å². The van der Waals surface area contributed by atoms with Crippen molar-refractivity contribution in [2.24, 2.45) is 0 Å². The number of fused-ring (bicyclic) bond motifs is 1. The van der Waals surface area contributed by atoms with Gasteiger partial charge >= 0.3 is 0 Å². The summed E-state index contributed by atoms with van der Waals surface area (Å²) in [6.07, 6.45) is 0. The number of ether oxygens (including phenoxy) is 2. The van der Waals surface area contributed by atoms with Gasteiger partial charge in [0.1, 0.15) is 5.82 Å². The SMILES string of the molecule is COc1ccc(C(=O)Nc2c3c(nn2-c2cccc(C)c2)CSC3)cc1OC. The van der Waals surface area contributed by atoms with Crippen molar-refractivity contribution in [3.8, 4) is 17.2 Å². The molecule has 0 saturated heterocycles. The van der Waals surface area contributed by atoms with E-state index in [4.69, 9.17) is 14.6 Å². The molecule has 2 heterocycles. The number of aromatic nitrogens is 2. The van der Waals surface area contributed by atoms with Crippen LogP contribution in [0.4, 0.5) is 5.82 Å². The number of amides is 1. The molecule has 0 bridgehead atoms. The first-order chi connectivity index (χ1) is 13.6. The summed E-state index contributed by atoms with van der Waals surface area (Å²) in [6, 6.07) is 13.2. The van der Waals surface area contributed by atoms with Crippen molar-refractivity contribution in [1.82, 2.24) is 9.78 Å². The van der Waals surface area contributed by atoms with Crippen LogP contribution in [0.15, 0.2) is 42.5 Å². The van der Waals surface area contributed by atoms with Gasteiger partial charge in [0.15, 0.2) is 11.5 Å². The molecule has 4 rings (SSSR count). The lowest BCUT2D eigenvalue weighted by molar-refractivity contribution is 0.102. The molecule has 0 unspecified atom stereocenters. The minimum absolute atomic E-state index is 0.213. The summed E-state index contributed by atoms with van der Waals surface area (Å²) in [5, 5.41) is 7.81. The number of benzene rings is 2. The summed E-state index contributed by atoms with van der Waals surface area (Å²) in [5.41, 5.74) is 4.67. The quantitative estimate of drug-likeness (QED) is 0.701. The van der Waals surface area contributed by atoms with Crippen molar-refractivity contribution >= 4 is 23.5 Å². The Kier molecular flexibility index (Phi) is 5.00. The van der Waals surface area contributed by atoms with Gasteiger partial charge in [0.2, 0.25) is 0 Å². The van der Waals surface area contributed by atoms with E-state index in [0.29, 0.717) is 17.1 Å². The zero-order valence-corrected chi connectivity index (χ0v) is 16.8. The van der Waals surface area contributed by atoms with E-state index in [9.17, 15) is 4.79 Å². The lowest BCUT2D eigenvalue weighted by atomic mass is 10.1. The lowest BCUT2D eigenvalue weighted by Crippen LogP contribution is -2.16. The van der Waals surface area contributed by atoms with Gasteiger partial charge in [-0.1, -0.05) is 12.1 Å². The Morgan fingerprint density at radius 1 is 1.11 bits per heavy atom. The molecule has 144 valence electrons. The van der Waals surface area contributed by atoms with Gasteiger partial charge in [-0.3, -0.25) is 4.79 Å². The fourth-order valence-corrected chi connectivity index (χ4v) is 4.28.